The molecule has 0 aliphatic heterocycles. The number of para-hydroxylation sites is 1. The van der Waals surface area contributed by atoms with Crippen molar-refractivity contribution in [1.29, 1.82) is 0 Å². The number of primary amides is 1. The van der Waals surface area contributed by atoms with E-state index in [1.54, 1.807) is 30.5 Å². The van der Waals surface area contributed by atoms with Gasteiger partial charge in [-0.15, -0.1) is 0 Å². The molecule has 11 N–H and O–H groups in total. The van der Waals surface area contributed by atoms with Gasteiger partial charge in [-0.1, -0.05) is 18.2 Å². The van der Waals surface area contributed by atoms with Crippen LogP contribution in [-0.2, 0) is 35.2 Å². The molecule has 0 saturated heterocycles. The van der Waals surface area contributed by atoms with Crippen LogP contribution in [-0.4, -0.2) is 86.1 Å². The zero-order chi connectivity index (χ0) is 30.0. The number of carboxylic acids is 2. The molecule has 0 fully saturated rings. The summed E-state index contributed by atoms with van der Waals surface area (Å²) in [5.41, 5.74) is 12.4. The van der Waals surface area contributed by atoms with Gasteiger partial charge in [0, 0.05) is 36.4 Å². The number of benzene rings is 1. The first kappa shape index (κ1) is 31.7. The highest BCUT2D eigenvalue weighted by atomic mass is 16.4. The highest BCUT2D eigenvalue weighted by Gasteiger charge is 2.32. The summed E-state index contributed by atoms with van der Waals surface area (Å²) in [5, 5.41) is 35.7. The van der Waals surface area contributed by atoms with Gasteiger partial charge < -0.3 is 47.7 Å². The largest absolute Gasteiger partial charge is 0.481 e. The fourth-order valence-corrected chi connectivity index (χ4v) is 3.89. The Morgan fingerprint density at radius 1 is 0.900 bits per heavy atom. The number of aromatic nitrogens is 1. The van der Waals surface area contributed by atoms with Crippen LogP contribution in [0.1, 0.15) is 38.2 Å². The molecule has 5 atom stereocenters. The number of aliphatic hydroxyl groups excluding tert-OH is 1. The zero-order valence-corrected chi connectivity index (χ0v) is 21.8. The molecule has 0 aliphatic rings. The number of aliphatic hydroxyl groups is 1. The van der Waals surface area contributed by atoms with Crippen LogP contribution in [0.2, 0.25) is 0 Å². The quantitative estimate of drug-likeness (QED) is 0.109. The summed E-state index contributed by atoms with van der Waals surface area (Å²) in [6.07, 6.45) is -1.12. The smallest absolute Gasteiger partial charge is 0.328 e. The fraction of sp³-hybridized carbons (Fsp3) is 0.440. The average molecular weight is 563 g/mol. The Morgan fingerprint density at radius 3 is 2.12 bits per heavy atom. The third-order valence-corrected chi connectivity index (χ3v) is 6.10. The molecular formula is C25H34N6O9. The number of aliphatic carboxylic acids is 2. The standard InChI is InChI=1S/C25H34N6O9/c1-12(32)21(25(39)40)31-23(37)17(7-8-19(27)33)29-24(38)18(30-22(36)15(26)6-9-20(34)35)10-13-11-28-16-5-3-2-4-14(13)16/h2-5,11-12,15,17-18,21,28,32H,6-10,26H2,1H3,(H2,27,33)(H,29,38)(H,30,36)(H,31,37)(H,34,35)(H,39,40). The Bertz CT molecular complexity index is 1240. The van der Waals surface area contributed by atoms with Crippen LogP contribution in [0.4, 0.5) is 0 Å². The van der Waals surface area contributed by atoms with Gasteiger partial charge >= 0.3 is 11.9 Å². The summed E-state index contributed by atoms with van der Waals surface area (Å²) in [6, 6.07) is 1.47. The monoisotopic (exact) mass is 562 g/mol. The predicted molar refractivity (Wildman–Crippen MR) is 140 cm³/mol. The van der Waals surface area contributed by atoms with Gasteiger partial charge in [-0.05, 0) is 31.4 Å². The van der Waals surface area contributed by atoms with E-state index >= 15 is 0 Å². The summed E-state index contributed by atoms with van der Waals surface area (Å²) in [4.78, 5) is 75.8. The van der Waals surface area contributed by atoms with Crippen LogP contribution in [0.3, 0.4) is 0 Å². The summed E-state index contributed by atoms with van der Waals surface area (Å²) in [5.74, 6) is -6.14. The number of carboxylic acid groups (broad SMARTS) is 2. The lowest BCUT2D eigenvalue weighted by atomic mass is 10.0. The molecule has 15 nitrogen and oxygen atoms in total. The highest BCUT2D eigenvalue weighted by molar-refractivity contribution is 5.95. The van der Waals surface area contributed by atoms with Crippen molar-refractivity contribution in [2.24, 2.45) is 11.5 Å². The van der Waals surface area contributed by atoms with E-state index in [1.165, 1.54) is 0 Å². The molecule has 40 heavy (non-hydrogen) atoms. The van der Waals surface area contributed by atoms with Gasteiger partial charge in [-0.3, -0.25) is 24.0 Å². The first-order valence-corrected chi connectivity index (χ1v) is 12.4. The van der Waals surface area contributed by atoms with E-state index in [2.05, 4.69) is 20.9 Å². The molecule has 0 spiro atoms. The van der Waals surface area contributed by atoms with E-state index in [9.17, 15) is 39.0 Å². The summed E-state index contributed by atoms with van der Waals surface area (Å²) in [7, 11) is 0. The molecule has 5 unspecified atom stereocenters. The third-order valence-electron chi connectivity index (χ3n) is 6.10. The van der Waals surface area contributed by atoms with E-state index in [-0.39, 0.29) is 32.1 Å². The molecule has 4 amide bonds. The van der Waals surface area contributed by atoms with E-state index in [4.69, 9.17) is 16.6 Å². The molecule has 2 rings (SSSR count). The molecule has 2 aromatic rings. The fourth-order valence-electron chi connectivity index (χ4n) is 3.89. The number of fused-ring (bicyclic) bond motifs is 1. The average Bonchev–Trinajstić information content (AvgIpc) is 3.29. The number of H-pyrrole nitrogens is 1. The van der Waals surface area contributed by atoms with Crippen LogP contribution in [0.5, 0.6) is 0 Å². The second kappa shape index (κ2) is 14.6. The normalized spacial score (nSPS) is 14.8. The predicted octanol–water partition coefficient (Wildman–Crippen LogP) is -1.91. The van der Waals surface area contributed by atoms with Crippen LogP contribution in [0.25, 0.3) is 10.9 Å². The van der Waals surface area contributed by atoms with E-state index in [0.29, 0.717) is 5.56 Å². The maximum absolute atomic E-state index is 13.4. The molecule has 1 heterocycles. The maximum Gasteiger partial charge on any atom is 0.328 e. The Balaban J connectivity index is 2.32. The molecular weight excluding hydrogens is 528 g/mol. The molecule has 1 aromatic carbocycles. The lowest BCUT2D eigenvalue weighted by molar-refractivity contribution is -0.145. The molecule has 218 valence electrons. The molecule has 1 aromatic heterocycles. The van der Waals surface area contributed by atoms with Crippen molar-refractivity contribution in [3.05, 3.63) is 36.0 Å². The SMILES string of the molecule is CC(O)C(NC(=O)C(CCC(N)=O)NC(=O)C(Cc1c[nH]c2ccccc12)NC(=O)C(N)CCC(=O)O)C(=O)O. The number of rotatable bonds is 16. The van der Waals surface area contributed by atoms with E-state index in [1.807, 2.05) is 0 Å². The lowest BCUT2D eigenvalue weighted by Crippen LogP contribution is -2.58. The van der Waals surface area contributed by atoms with Gasteiger partial charge in [0.2, 0.25) is 23.6 Å². The van der Waals surface area contributed by atoms with Crippen molar-refractivity contribution in [2.45, 2.75) is 69.3 Å². The third kappa shape index (κ3) is 9.36. The van der Waals surface area contributed by atoms with Crippen molar-refractivity contribution >= 4 is 46.5 Å². The number of hydrogen-bond donors (Lipinski definition) is 9. The topological polar surface area (TPSA) is 267 Å². The van der Waals surface area contributed by atoms with Crippen LogP contribution < -0.4 is 27.4 Å². The highest BCUT2D eigenvalue weighted by Crippen LogP contribution is 2.19. The maximum atomic E-state index is 13.4. The minimum Gasteiger partial charge on any atom is -0.481 e. The number of hydrogen-bond acceptors (Lipinski definition) is 8. The number of carbonyl (C=O) groups excluding carboxylic acids is 4. The molecule has 15 heteroatoms. The van der Waals surface area contributed by atoms with Crippen LogP contribution in [0.15, 0.2) is 30.5 Å². The van der Waals surface area contributed by atoms with Crippen molar-refractivity contribution in [3.8, 4) is 0 Å². The second-order valence-electron chi connectivity index (χ2n) is 9.29. The Labute approximate surface area is 228 Å². The molecule has 0 bridgehead atoms. The molecule has 0 radical (unpaired) electrons. The minimum absolute atomic E-state index is 0.0666. The summed E-state index contributed by atoms with van der Waals surface area (Å²) < 4.78 is 0. The van der Waals surface area contributed by atoms with Gasteiger partial charge in [-0.25, -0.2) is 4.79 Å². The van der Waals surface area contributed by atoms with Crippen LogP contribution in [0, 0.1) is 0 Å². The van der Waals surface area contributed by atoms with Crippen LogP contribution >= 0.6 is 0 Å². The van der Waals surface area contributed by atoms with Crippen molar-refractivity contribution < 1.29 is 44.1 Å². The Kier molecular flexibility index (Phi) is 11.6. The van der Waals surface area contributed by atoms with E-state index < -0.39 is 65.8 Å². The summed E-state index contributed by atoms with van der Waals surface area (Å²) >= 11 is 0. The van der Waals surface area contributed by atoms with Gasteiger partial charge in [-0.2, -0.15) is 0 Å². The van der Waals surface area contributed by atoms with Gasteiger partial charge in [0.25, 0.3) is 0 Å². The first-order chi connectivity index (χ1) is 18.8. The van der Waals surface area contributed by atoms with Crippen molar-refractivity contribution in [1.82, 2.24) is 20.9 Å². The number of aromatic amines is 1. The Hall–Kier alpha value is -4.50. The molecule has 0 saturated carbocycles. The van der Waals surface area contributed by atoms with Crippen molar-refractivity contribution in [3.63, 3.8) is 0 Å². The number of nitrogens with two attached hydrogens (primary N) is 2. The van der Waals surface area contributed by atoms with Gasteiger partial charge in [0.05, 0.1) is 12.1 Å². The van der Waals surface area contributed by atoms with Gasteiger partial charge in [0.15, 0.2) is 6.04 Å². The first-order valence-electron chi connectivity index (χ1n) is 12.4. The van der Waals surface area contributed by atoms with Crippen molar-refractivity contribution in [2.75, 3.05) is 0 Å². The number of nitrogens with one attached hydrogen (secondary N) is 4. The molecule has 0 aliphatic carbocycles. The van der Waals surface area contributed by atoms with Gasteiger partial charge in [0.1, 0.15) is 12.1 Å². The number of amides is 4. The minimum atomic E-state index is -1.70. The summed E-state index contributed by atoms with van der Waals surface area (Å²) in [6.45, 7) is 1.15. The second-order valence-corrected chi connectivity index (χ2v) is 9.29. The Morgan fingerprint density at radius 2 is 1.52 bits per heavy atom. The zero-order valence-electron chi connectivity index (χ0n) is 21.8. The number of carbonyl (C=O) groups is 6. The lowest BCUT2D eigenvalue weighted by Gasteiger charge is -2.25. The van der Waals surface area contributed by atoms with E-state index in [0.717, 1.165) is 17.8 Å².